The van der Waals surface area contributed by atoms with Crippen LogP contribution >= 0.6 is 0 Å². The topological polar surface area (TPSA) is 84.3 Å². The Labute approximate surface area is 176 Å². The van der Waals surface area contributed by atoms with Crippen molar-refractivity contribution >= 4 is 21.6 Å². The van der Waals surface area contributed by atoms with Gasteiger partial charge in [-0.2, -0.15) is 5.10 Å². The highest BCUT2D eigenvalue weighted by atomic mass is 32.2. The summed E-state index contributed by atoms with van der Waals surface area (Å²) in [4.78, 5) is 13.2. The zero-order chi connectivity index (χ0) is 21.5. The maximum absolute atomic E-state index is 13.0. The summed E-state index contributed by atoms with van der Waals surface area (Å²) in [7, 11) is -0.544. The first kappa shape index (κ1) is 20.3. The van der Waals surface area contributed by atoms with Gasteiger partial charge in [0.05, 0.1) is 10.6 Å². The molecule has 7 nitrogen and oxygen atoms in total. The van der Waals surface area contributed by atoms with Gasteiger partial charge in [-0.15, -0.1) is 0 Å². The van der Waals surface area contributed by atoms with E-state index in [-0.39, 0.29) is 10.8 Å². The van der Waals surface area contributed by atoms with Crippen LogP contribution in [0.25, 0.3) is 5.69 Å². The lowest BCUT2D eigenvalue weighted by molar-refractivity contribution is 0.102. The number of aryl methyl sites for hydroxylation is 1. The van der Waals surface area contributed by atoms with E-state index in [4.69, 9.17) is 0 Å². The van der Waals surface area contributed by atoms with Crippen LogP contribution in [-0.4, -0.2) is 42.5 Å². The number of amides is 1. The van der Waals surface area contributed by atoms with Gasteiger partial charge >= 0.3 is 0 Å². The van der Waals surface area contributed by atoms with Gasteiger partial charge in [0, 0.05) is 31.0 Å². The van der Waals surface area contributed by atoms with Gasteiger partial charge in [-0.1, -0.05) is 18.2 Å². The number of hydrogen-bond donors (Lipinski definition) is 1. The van der Waals surface area contributed by atoms with Crippen LogP contribution in [0.15, 0.2) is 53.4 Å². The second-order valence-electron chi connectivity index (χ2n) is 7.59. The zero-order valence-corrected chi connectivity index (χ0v) is 18.0. The molecule has 2 aromatic carbocycles. The minimum absolute atomic E-state index is 0.176. The van der Waals surface area contributed by atoms with Gasteiger partial charge in [-0.3, -0.25) is 4.79 Å². The Bertz CT molecular complexity index is 1210. The number of anilines is 1. The van der Waals surface area contributed by atoms with E-state index in [1.807, 2.05) is 35.9 Å². The monoisotopic (exact) mass is 424 g/mol. The summed E-state index contributed by atoms with van der Waals surface area (Å²) < 4.78 is 27.5. The van der Waals surface area contributed by atoms with E-state index < -0.39 is 10.0 Å². The molecule has 0 aliphatic heterocycles. The quantitative estimate of drug-likeness (QED) is 0.682. The number of fused-ring (bicyclic) bond motifs is 1. The number of hydrogen-bond acceptors (Lipinski definition) is 4. The average molecular weight is 425 g/mol. The predicted octanol–water partition coefficient (Wildman–Crippen LogP) is 3.17. The molecule has 1 amide bonds. The van der Waals surface area contributed by atoms with Crippen molar-refractivity contribution in [3.8, 4) is 5.69 Å². The Morgan fingerprint density at radius 1 is 1.07 bits per heavy atom. The van der Waals surface area contributed by atoms with Crippen LogP contribution in [0.4, 0.5) is 5.69 Å². The van der Waals surface area contributed by atoms with Gasteiger partial charge in [0.25, 0.3) is 5.91 Å². The summed E-state index contributed by atoms with van der Waals surface area (Å²) in [6, 6.07) is 14.1. The van der Waals surface area contributed by atoms with Crippen molar-refractivity contribution in [2.45, 2.75) is 31.1 Å². The highest BCUT2D eigenvalue weighted by Crippen LogP contribution is 2.29. The molecular formula is C22H24N4O3S. The van der Waals surface area contributed by atoms with Crippen LogP contribution in [0.2, 0.25) is 0 Å². The van der Waals surface area contributed by atoms with Gasteiger partial charge in [0.15, 0.2) is 5.69 Å². The fraction of sp³-hybridized carbons (Fsp3) is 0.273. The third-order valence-electron chi connectivity index (χ3n) is 5.38. The lowest BCUT2D eigenvalue weighted by Gasteiger charge is -2.12. The summed E-state index contributed by atoms with van der Waals surface area (Å²) in [5.74, 6) is -0.288. The highest BCUT2D eigenvalue weighted by Gasteiger charge is 2.27. The number of benzene rings is 2. The molecule has 1 heterocycles. The standard InChI is InChI=1S/C22H24N4O3S/c1-15-7-4-5-9-19(15)26-20-10-6-8-18(20)21(24-26)22(27)23-16-11-13-17(14-12-16)30(28,29)25(2)3/h4-5,7,9,11-14H,6,8,10H2,1-3H3,(H,23,27). The van der Waals surface area contributed by atoms with E-state index in [1.165, 1.54) is 26.2 Å². The molecule has 0 spiro atoms. The van der Waals surface area contributed by atoms with Crippen molar-refractivity contribution in [2.75, 3.05) is 19.4 Å². The van der Waals surface area contributed by atoms with Crippen LogP contribution in [0, 0.1) is 6.92 Å². The normalized spacial score (nSPS) is 13.5. The molecule has 3 aromatic rings. The summed E-state index contributed by atoms with van der Waals surface area (Å²) in [6.45, 7) is 2.03. The minimum Gasteiger partial charge on any atom is -0.321 e. The maximum atomic E-state index is 13.0. The Balaban J connectivity index is 1.62. The van der Waals surface area contributed by atoms with Crippen molar-refractivity contribution in [3.63, 3.8) is 0 Å². The lowest BCUT2D eigenvalue weighted by atomic mass is 10.1. The molecule has 1 aliphatic carbocycles. The summed E-state index contributed by atoms with van der Waals surface area (Å²) in [6.07, 6.45) is 2.71. The van der Waals surface area contributed by atoms with E-state index in [2.05, 4.69) is 10.4 Å². The van der Waals surface area contributed by atoms with E-state index >= 15 is 0 Å². The molecule has 0 atom stereocenters. The van der Waals surface area contributed by atoms with Crippen molar-refractivity contribution in [1.82, 2.24) is 14.1 Å². The Morgan fingerprint density at radius 3 is 2.43 bits per heavy atom. The Kier molecular flexibility index (Phi) is 5.21. The van der Waals surface area contributed by atoms with E-state index in [0.29, 0.717) is 11.4 Å². The van der Waals surface area contributed by atoms with Gasteiger partial charge in [-0.25, -0.2) is 17.4 Å². The fourth-order valence-corrected chi connectivity index (χ4v) is 4.63. The zero-order valence-electron chi connectivity index (χ0n) is 17.2. The van der Waals surface area contributed by atoms with Gasteiger partial charge in [0.2, 0.25) is 10.0 Å². The molecule has 0 radical (unpaired) electrons. The van der Waals surface area contributed by atoms with Crippen LogP contribution < -0.4 is 5.32 Å². The molecule has 8 heteroatoms. The van der Waals surface area contributed by atoms with Crippen molar-refractivity contribution in [3.05, 3.63) is 71.0 Å². The second kappa shape index (κ2) is 7.70. The number of aromatic nitrogens is 2. The molecule has 156 valence electrons. The van der Waals surface area contributed by atoms with Crippen molar-refractivity contribution in [1.29, 1.82) is 0 Å². The largest absolute Gasteiger partial charge is 0.321 e. The average Bonchev–Trinajstić information content (AvgIpc) is 3.31. The van der Waals surface area contributed by atoms with Crippen LogP contribution in [0.1, 0.15) is 33.7 Å². The smallest absolute Gasteiger partial charge is 0.276 e. The van der Waals surface area contributed by atoms with Gasteiger partial charge < -0.3 is 5.32 Å². The first-order chi connectivity index (χ1) is 14.3. The number of carbonyl (C=O) groups excluding carboxylic acids is 1. The summed E-state index contributed by atoms with van der Waals surface area (Å²) in [5, 5.41) is 7.49. The third-order valence-corrected chi connectivity index (χ3v) is 7.21. The first-order valence-electron chi connectivity index (χ1n) is 9.80. The lowest BCUT2D eigenvalue weighted by Crippen LogP contribution is -2.22. The molecule has 0 bridgehead atoms. The Hall–Kier alpha value is -2.97. The summed E-state index contributed by atoms with van der Waals surface area (Å²) >= 11 is 0. The van der Waals surface area contributed by atoms with Crippen LogP contribution in [0.3, 0.4) is 0 Å². The second-order valence-corrected chi connectivity index (χ2v) is 9.74. The molecule has 0 unspecified atom stereocenters. The molecule has 1 aromatic heterocycles. The number of nitrogens with zero attached hydrogens (tertiary/aromatic N) is 3. The van der Waals surface area contributed by atoms with Gasteiger partial charge in [0.1, 0.15) is 0 Å². The van der Waals surface area contributed by atoms with E-state index in [1.54, 1.807) is 12.1 Å². The molecule has 1 N–H and O–H groups in total. The number of para-hydroxylation sites is 1. The number of sulfonamides is 1. The maximum Gasteiger partial charge on any atom is 0.276 e. The first-order valence-corrected chi connectivity index (χ1v) is 11.2. The molecule has 1 aliphatic rings. The number of carbonyl (C=O) groups is 1. The molecule has 4 rings (SSSR count). The third kappa shape index (κ3) is 3.53. The predicted molar refractivity (Wildman–Crippen MR) is 116 cm³/mol. The molecule has 0 saturated heterocycles. The minimum atomic E-state index is -3.51. The Morgan fingerprint density at radius 2 is 1.77 bits per heavy atom. The van der Waals surface area contributed by atoms with Gasteiger partial charge in [-0.05, 0) is 62.1 Å². The SMILES string of the molecule is Cc1ccccc1-n1nc(C(=O)Nc2ccc(S(=O)(=O)N(C)C)cc2)c2c1CCC2. The van der Waals surface area contributed by atoms with E-state index in [9.17, 15) is 13.2 Å². The van der Waals surface area contributed by atoms with E-state index in [0.717, 1.165) is 46.1 Å². The number of rotatable bonds is 5. The van der Waals surface area contributed by atoms with Crippen LogP contribution in [0.5, 0.6) is 0 Å². The fourth-order valence-electron chi connectivity index (χ4n) is 3.73. The highest BCUT2D eigenvalue weighted by molar-refractivity contribution is 7.89. The van der Waals surface area contributed by atoms with Crippen molar-refractivity contribution in [2.24, 2.45) is 0 Å². The number of nitrogens with one attached hydrogen (secondary N) is 1. The van der Waals surface area contributed by atoms with Crippen molar-refractivity contribution < 1.29 is 13.2 Å². The summed E-state index contributed by atoms with van der Waals surface area (Å²) in [5.41, 5.74) is 5.10. The molecular weight excluding hydrogens is 400 g/mol. The van der Waals surface area contributed by atoms with Crippen LogP contribution in [-0.2, 0) is 22.9 Å². The molecule has 0 saturated carbocycles. The molecule has 0 fully saturated rings. The molecule has 30 heavy (non-hydrogen) atoms.